The first-order valence-electron chi connectivity index (χ1n) is 12.5. The molecule has 0 aliphatic heterocycles. The summed E-state index contributed by atoms with van der Waals surface area (Å²) in [5.41, 5.74) is 0.805. The van der Waals surface area contributed by atoms with Crippen LogP contribution in [0.15, 0.2) is 48.8 Å². The monoisotopic (exact) mass is 573 g/mol. The lowest BCUT2D eigenvalue weighted by atomic mass is 10.1. The molecule has 12 heteroatoms. The van der Waals surface area contributed by atoms with Crippen molar-refractivity contribution in [1.29, 1.82) is 0 Å². The number of methoxy groups -OCH3 is 1. The molecule has 3 N–H and O–H groups in total. The summed E-state index contributed by atoms with van der Waals surface area (Å²) in [5.74, 6) is -0.618. The van der Waals surface area contributed by atoms with Crippen LogP contribution in [0.4, 0.5) is 21.6 Å². The second-order valence-corrected chi connectivity index (χ2v) is 10.5. The number of anilines is 3. The predicted molar refractivity (Wildman–Crippen MR) is 153 cm³/mol. The maximum Gasteiger partial charge on any atom is 0.320 e. The fourth-order valence-electron chi connectivity index (χ4n) is 3.78. The highest BCUT2D eigenvalue weighted by Gasteiger charge is 2.19. The average molecular weight is 574 g/mol. The minimum Gasteiger partial charge on any atom is -0.494 e. The maximum atomic E-state index is 13.6. The van der Waals surface area contributed by atoms with Crippen molar-refractivity contribution in [1.82, 2.24) is 14.9 Å². The van der Waals surface area contributed by atoms with Crippen LogP contribution in [0.25, 0.3) is 10.9 Å². The number of benzene rings is 2. The number of amides is 1. The Hall–Kier alpha value is -3.80. The molecule has 40 heavy (non-hydrogen) atoms. The summed E-state index contributed by atoms with van der Waals surface area (Å²) in [6.45, 7) is 7.35. The van der Waals surface area contributed by atoms with Crippen LogP contribution < -0.4 is 15.4 Å². The number of carbonyl (C=O) groups excluding carboxylic acids is 2. The quantitative estimate of drug-likeness (QED) is 0.221. The van der Waals surface area contributed by atoms with Gasteiger partial charge >= 0.3 is 5.97 Å². The predicted octanol–water partition coefficient (Wildman–Crippen LogP) is 4.69. The average Bonchev–Trinajstić information content (AvgIpc) is 2.84. The van der Waals surface area contributed by atoms with Gasteiger partial charge in [0.1, 0.15) is 29.3 Å². The third-order valence-electron chi connectivity index (χ3n) is 5.32. The van der Waals surface area contributed by atoms with Crippen molar-refractivity contribution in [2.75, 3.05) is 37.4 Å². The van der Waals surface area contributed by atoms with Gasteiger partial charge in [-0.25, -0.2) is 14.4 Å². The minimum absolute atomic E-state index is 0.0390. The van der Waals surface area contributed by atoms with Crippen LogP contribution >= 0.6 is 11.6 Å². The summed E-state index contributed by atoms with van der Waals surface area (Å²) < 4.78 is 24.4. The zero-order valence-corrected chi connectivity index (χ0v) is 23.8. The number of aliphatic hydroxyl groups excluding tert-OH is 1. The third-order valence-corrected chi connectivity index (χ3v) is 5.61. The Morgan fingerprint density at radius 3 is 2.62 bits per heavy atom. The van der Waals surface area contributed by atoms with Crippen molar-refractivity contribution in [3.63, 3.8) is 0 Å². The number of hydrogen-bond donors (Lipinski definition) is 3. The maximum absolute atomic E-state index is 13.6. The summed E-state index contributed by atoms with van der Waals surface area (Å²) in [4.78, 5) is 35.2. The number of ether oxygens (including phenoxy) is 2. The molecular formula is C28H33ClFN5O5. The van der Waals surface area contributed by atoms with Crippen LogP contribution in [0.3, 0.4) is 0 Å². The van der Waals surface area contributed by atoms with Crippen LogP contribution in [0, 0.1) is 5.82 Å². The normalized spacial score (nSPS) is 12.5. The van der Waals surface area contributed by atoms with Crippen LogP contribution in [0.5, 0.6) is 5.75 Å². The molecule has 0 saturated heterocycles. The Balaban J connectivity index is 1.76. The molecule has 1 atom stereocenters. The summed E-state index contributed by atoms with van der Waals surface area (Å²) in [7, 11) is 1.47. The molecule has 0 aliphatic carbocycles. The molecule has 214 valence electrons. The molecule has 1 unspecified atom stereocenters. The van der Waals surface area contributed by atoms with Gasteiger partial charge in [0, 0.05) is 36.3 Å². The van der Waals surface area contributed by atoms with Crippen molar-refractivity contribution in [2.45, 2.75) is 39.4 Å². The standard InChI is InChI=1S/C28H33ClFN5O5/c1-17(36)14-35(15-26(38)40-28(2,3)4)10-6-7-25(37)34-23-12-19-22(13-24(23)39-5)31-16-32-27(19)33-18-8-9-21(30)20(29)11-18/h6-9,11-13,16-17,36H,10,14-15H2,1-5H3,(H,34,37)(H,31,32,33). The number of halogens is 2. The van der Waals surface area contributed by atoms with Crippen LogP contribution in [0.2, 0.25) is 5.02 Å². The number of aromatic nitrogens is 2. The molecule has 0 bridgehead atoms. The Bertz CT molecular complexity index is 1390. The van der Waals surface area contributed by atoms with E-state index in [0.717, 1.165) is 0 Å². The summed E-state index contributed by atoms with van der Waals surface area (Å²) in [5, 5.41) is 16.2. The van der Waals surface area contributed by atoms with E-state index in [-0.39, 0.29) is 24.7 Å². The van der Waals surface area contributed by atoms with Gasteiger partial charge in [0.2, 0.25) is 5.91 Å². The molecule has 0 aliphatic rings. The Morgan fingerprint density at radius 1 is 1.23 bits per heavy atom. The molecule has 0 saturated carbocycles. The first kappa shape index (κ1) is 30.7. The largest absolute Gasteiger partial charge is 0.494 e. The van der Waals surface area contributed by atoms with Gasteiger partial charge in [-0.15, -0.1) is 0 Å². The van der Waals surface area contributed by atoms with Gasteiger partial charge in [-0.2, -0.15) is 0 Å². The van der Waals surface area contributed by atoms with E-state index in [9.17, 15) is 19.1 Å². The zero-order chi connectivity index (χ0) is 29.4. The smallest absolute Gasteiger partial charge is 0.320 e. The van der Waals surface area contributed by atoms with Gasteiger partial charge in [-0.05, 0) is 52.0 Å². The number of fused-ring (bicyclic) bond motifs is 1. The molecule has 2 aromatic carbocycles. The first-order valence-corrected chi connectivity index (χ1v) is 12.9. The van der Waals surface area contributed by atoms with E-state index < -0.39 is 29.4 Å². The van der Waals surface area contributed by atoms with Crippen molar-refractivity contribution in [3.05, 3.63) is 59.7 Å². The number of aliphatic hydroxyl groups is 1. The molecule has 10 nitrogen and oxygen atoms in total. The number of nitrogens with one attached hydrogen (secondary N) is 2. The fraction of sp³-hybridized carbons (Fsp3) is 0.357. The van der Waals surface area contributed by atoms with Crippen molar-refractivity contribution < 1.29 is 28.6 Å². The SMILES string of the molecule is COc1cc2ncnc(Nc3ccc(F)c(Cl)c3)c2cc1NC(=O)C=CCN(CC(=O)OC(C)(C)C)CC(C)O. The van der Waals surface area contributed by atoms with E-state index in [1.165, 1.54) is 37.7 Å². The number of rotatable bonds is 11. The second kappa shape index (κ2) is 13.5. The lowest BCUT2D eigenvalue weighted by molar-refractivity contribution is -0.156. The molecule has 1 heterocycles. The fourth-order valence-corrected chi connectivity index (χ4v) is 3.96. The molecule has 1 aromatic heterocycles. The van der Waals surface area contributed by atoms with Crippen molar-refractivity contribution >= 4 is 51.6 Å². The number of esters is 1. The van der Waals surface area contributed by atoms with Gasteiger partial charge in [-0.1, -0.05) is 17.7 Å². The Morgan fingerprint density at radius 2 is 1.98 bits per heavy atom. The third kappa shape index (κ3) is 9.15. The molecule has 0 radical (unpaired) electrons. The highest BCUT2D eigenvalue weighted by molar-refractivity contribution is 6.31. The molecule has 3 rings (SSSR count). The van der Waals surface area contributed by atoms with Crippen molar-refractivity contribution in [2.24, 2.45) is 0 Å². The molecular weight excluding hydrogens is 541 g/mol. The van der Waals surface area contributed by atoms with E-state index in [0.29, 0.717) is 33.8 Å². The van der Waals surface area contributed by atoms with E-state index >= 15 is 0 Å². The van der Waals surface area contributed by atoms with Gasteiger partial charge in [0.25, 0.3) is 0 Å². The van der Waals surface area contributed by atoms with E-state index in [2.05, 4.69) is 20.6 Å². The van der Waals surface area contributed by atoms with Gasteiger partial charge in [0.15, 0.2) is 0 Å². The van der Waals surface area contributed by atoms with Gasteiger partial charge < -0.3 is 25.2 Å². The number of carbonyl (C=O) groups is 2. The van der Waals surface area contributed by atoms with Crippen LogP contribution in [-0.4, -0.2) is 70.3 Å². The lowest BCUT2D eigenvalue weighted by Crippen LogP contribution is -2.38. The van der Waals surface area contributed by atoms with Crippen LogP contribution in [-0.2, 0) is 14.3 Å². The summed E-state index contributed by atoms with van der Waals surface area (Å²) in [6, 6.07) is 7.52. The van der Waals surface area contributed by atoms with E-state index in [4.69, 9.17) is 21.1 Å². The zero-order valence-electron chi connectivity index (χ0n) is 23.0. The molecule has 0 spiro atoms. The summed E-state index contributed by atoms with van der Waals surface area (Å²) in [6.07, 6.45) is 3.60. The highest BCUT2D eigenvalue weighted by atomic mass is 35.5. The van der Waals surface area contributed by atoms with Crippen LogP contribution in [0.1, 0.15) is 27.7 Å². The van der Waals surface area contributed by atoms with E-state index in [1.54, 1.807) is 50.8 Å². The summed E-state index contributed by atoms with van der Waals surface area (Å²) >= 11 is 5.90. The first-order chi connectivity index (χ1) is 18.8. The van der Waals surface area contributed by atoms with Gasteiger partial charge in [0.05, 0.1) is 36.0 Å². The Labute approximate surface area is 237 Å². The highest BCUT2D eigenvalue weighted by Crippen LogP contribution is 2.33. The topological polar surface area (TPSA) is 126 Å². The number of nitrogens with zero attached hydrogens (tertiary/aromatic N) is 3. The van der Waals surface area contributed by atoms with Gasteiger partial charge in [-0.3, -0.25) is 14.5 Å². The van der Waals surface area contributed by atoms with E-state index in [1.807, 2.05) is 0 Å². The minimum atomic E-state index is -0.678. The Kier molecular flexibility index (Phi) is 10.4. The van der Waals surface area contributed by atoms with Crippen molar-refractivity contribution in [3.8, 4) is 5.75 Å². The lowest BCUT2D eigenvalue weighted by Gasteiger charge is -2.25. The second-order valence-electron chi connectivity index (χ2n) is 10.1. The molecule has 1 amide bonds. The molecule has 0 fully saturated rings. The number of hydrogen-bond acceptors (Lipinski definition) is 9. The molecule has 3 aromatic rings.